The van der Waals surface area contributed by atoms with E-state index in [4.69, 9.17) is 19.1 Å². The topological polar surface area (TPSA) is 58.6 Å². The number of ether oxygens (including phenoxy) is 2. The van der Waals surface area contributed by atoms with Gasteiger partial charge in [0, 0.05) is 17.0 Å². The Balaban J connectivity index is 1.49. The van der Waals surface area contributed by atoms with Crippen molar-refractivity contribution in [2.24, 2.45) is 11.8 Å². The van der Waals surface area contributed by atoms with Crippen LogP contribution in [0.2, 0.25) is 0 Å². The van der Waals surface area contributed by atoms with E-state index in [2.05, 4.69) is 0 Å². The third-order valence-corrected chi connectivity index (χ3v) is 5.94. The molecule has 1 heterocycles. The summed E-state index contributed by atoms with van der Waals surface area (Å²) in [6.45, 7) is -2.95. The minimum Gasteiger partial charge on any atom is -0.633 e. The molecule has 2 aliphatic rings. The summed E-state index contributed by atoms with van der Waals surface area (Å²) in [4.78, 5) is 13.1. The zero-order valence-electron chi connectivity index (χ0n) is 23.6. The molecule has 0 bridgehead atoms. The fourth-order valence-corrected chi connectivity index (χ4v) is 4.39. The third kappa shape index (κ3) is 4.16. The molecule has 1 aliphatic heterocycles. The van der Waals surface area contributed by atoms with Crippen LogP contribution in [0.25, 0.3) is 0 Å². The van der Waals surface area contributed by atoms with E-state index in [0.717, 1.165) is 5.56 Å². The lowest BCUT2D eigenvalue weighted by molar-refractivity contribution is -0.899. The van der Waals surface area contributed by atoms with Crippen molar-refractivity contribution >= 4 is 5.78 Å². The van der Waals surface area contributed by atoms with Gasteiger partial charge in [0.15, 0.2) is 17.3 Å². The molecule has 2 aromatic carbocycles. The van der Waals surface area contributed by atoms with Gasteiger partial charge in [-0.25, -0.2) is 0 Å². The summed E-state index contributed by atoms with van der Waals surface area (Å²) >= 11 is 0. The Morgan fingerprint density at radius 3 is 2.45 bits per heavy atom. The summed E-state index contributed by atoms with van der Waals surface area (Å²) in [5.74, 6) is 0.866. The first-order chi connectivity index (χ1) is 16.9. The molecule has 0 radical (unpaired) electrons. The predicted molar refractivity (Wildman–Crippen MR) is 112 cm³/mol. The number of quaternary nitrogens is 1. The van der Waals surface area contributed by atoms with E-state index < -0.39 is 46.9 Å². The highest BCUT2D eigenvalue weighted by molar-refractivity contribution is 6.02. The number of hydrogen-bond acceptors (Lipinski definition) is 4. The lowest BCUT2D eigenvalue weighted by Crippen LogP contribution is -2.47. The lowest BCUT2D eigenvalue weighted by Gasteiger charge is -2.47. The summed E-state index contributed by atoms with van der Waals surface area (Å²) < 4.78 is 66.1. The first-order valence-corrected chi connectivity index (χ1v) is 9.81. The second-order valence-electron chi connectivity index (χ2n) is 7.76. The molecule has 0 spiro atoms. The Morgan fingerprint density at radius 1 is 1.14 bits per heavy atom. The maximum atomic E-state index is 13.7. The standard InChI is InChI=1S/C24H29NO4/c1-28-22-14-19-13-20(24(26)21(19)15-23(22)29-2)12-17-8-10-25(27,11-9-17)16-18-6-4-3-5-7-18/h3-7,14-15,17,20H,8-13,16H2,1-2H3/i3D,4D,5D,6D,7D,16D2. The molecule has 1 unspecified atom stereocenters. The molecule has 1 fully saturated rings. The van der Waals surface area contributed by atoms with Gasteiger partial charge in [0.05, 0.1) is 36.9 Å². The van der Waals surface area contributed by atoms with E-state index in [9.17, 15) is 10.0 Å². The number of rotatable bonds is 6. The highest BCUT2D eigenvalue weighted by Crippen LogP contribution is 2.40. The molecule has 29 heavy (non-hydrogen) atoms. The number of hydrogen-bond donors (Lipinski definition) is 0. The second-order valence-corrected chi connectivity index (χ2v) is 7.76. The largest absolute Gasteiger partial charge is 0.633 e. The number of carbonyl (C=O) groups is 1. The predicted octanol–water partition coefficient (Wildman–Crippen LogP) is 4.37. The van der Waals surface area contributed by atoms with Crippen molar-refractivity contribution in [1.82, 2.24) is 0 Å². The van der Waals surface area contributed by atoms with Crippen molar-refractivity contribution in [2.75, 3.05) is 27.3 Å². The number of piperidine rings is 1. The van der Waals surface area contributed by atoms with E-state index in [1.807, 2.05) is 6.07 Å². The van der Waals surface area contributed by atoms with Crippen molar-refractivity contribution in [2.45, 2.75) is 32.2 Å². The maximum absolute atomic E-state index is 13.7. The van der Waals surface area contributed by atoms with E-state index in [-0.39, 0.29) is 30.7 Å². The van der Waals surface area contributed by atoms with Gasteiger partial charge in [-0.3, -0.25) is 4.79 Å². The Bertz CT molecular complexity index is 1180. The van der Waals surface area contributed by atoms with Gasteiger partial charge in [0.2, 0.25) is 0 Å². The van der Waals surface area contributed by atoms with Gasteiger partial charge in [-0.05, 0) is 49.3 Å². The van der Waals surface area contributed by atoms with Gasteiger partial charge >= 0.3 is 0 Å². The molecular weight excluding hydrogens is 366 g/mol. The molecule has 154 valence electrons. The van der Waals surface area contributed by atoms with Gasteiger partial charge < -0.3 is 19.3 Å². The van der Waals surface area contributed by atoms with Gasteiger partial charge in [0.25, 0.3) is 0 Å². The molecule has 1 atom stereocenters. The van der Waals surface area contributed by atoms with Crippen LogP contribution in [0.3, 0.4) is 0 Å². The van der Waals surface area contributed by atoms with Crippen LogP contribution in [0.5, 0.6) is 11.5 Å². The molecule has 2 aromatic rings. The van der Waals surface area contributed by atoms with Crippen molar-refractivity contribution < 1.29 is 28.5 Å². The summed E-state index contributed by atoms with van der Waals surface area (Å²) in [6.07, 6.45) is 1.87. The minimum atomic E-state index is -2.72. The van der Waals surface area contributed by atoms with Gasteiger partial charge in [-0.15, -0.1) is 0 Å². The normalized spacial score (nSPS) is 30.2. The lowest BCUT2D eigenvalue weighted by atomic mass is 9.85. The summed E-state index contributed by atoms with van der Waals surface area (Å²) in [5, 5.41) is 13.7. The third-order valence-electron chi connectivity index (χ3n) is 5.94. The summed E-state index contributed by atoms with van der Waals surface area (Å²) in [5.41, 5.74) is 0.899. The monoisotopic (exact) mass is 402 g/mol. The van der Waals surface area contributed by atoms with E-state index in [0.29, 0.717) is 42.7 Å². The van der Waals surface area contributed by atoms with Crippen LogP contribution >= 0.6 is 0 Å². The molecule has 0 amide bonds. The Hall–Kier alpha value is -2.37. The van der Waals surface area contributed by atoms with Crippen molar-refractivity contribution in [3.8, 4) is 11.5 Å². The molecule has 1 saturated heterocycles. The van der Waals surface area contributed by atoms with Crippen molar-refractivity contribution in [1.29, 1.82) is 0 Å². The summed E-state index contributed by atoms with van der Waals surface area (Å²) in [7, 11) is 3.05. The SMILES string of the molecule is [2H]c1c([2H])c([2H])c(C([2H])([2H])[N+]2([O-])CCC(CC3Cc4cc(OC)c(OC)cc4C3=O)CC2)c([2H])c1[2H]. The Morgan fingerprint density at radius 2 is 1.79 bits per heavy atom. The number of likely N-dealkylation sites (tertiary alicyclic amines) is 1. The number of nitrogens with zero attached hydrogens (tertiary/aromatic N) is 1. The van der Waals surface area contributed by atoms with Crippen LogP contribution in [0.4, 0.5) is 0 Å². The number of hydroxylamine groups is 3. The first kappa shape index (κ1) is 13.0. The average molecular weight is 403 g/mol. The smallest absolute Gasteiger partial charge is 0.166 e. The van der Waals surface area contributed by atoms with Gasteiger partial charge in [0.1, 0.15) is 6.50 Å². The van der Waals surface area contributed by atoms with Crippen LogP contribution in [0, 0.1) is 17.0 Å². The van der Waals surface area contributed by atoms with Crippen LogP contribution in [-0.4, -0.2) is 37.7 Å². The number of carbonyl (C=O) groups excluding carboxylic acids is 1. The highest BCUT2D eigenvalue weighted by Gasteiger charge is 2.36. The number of fused-ring (bicyclic) bond motifs is 1. The first-order valence-electron chi connectivity index (χ1n) is 13.3. The van der Waals surface area contributed by atoms with E-state index in [1.54, 1.807) is 6.07 Å². The van der Waals surface area contributed by atoms with Crippen LogP contribution in [0.15, 0.2) is 42.3 Å². The number of Topliss-reactive ketones (excluding diaryl/α,β-unsaturated/α-hetero) is 1. The Kier molecular flexibility index (Phi) is 3.67. The van der Waals surface area contributed by atoms with Crippen molar-refractivity contribution in [3.63, 3.8) is 0 Å². The average Bonchev–Trinajstić information content (AvgIpc) is 3.15. The zero-order chi connectivity index (χ0) is 26.6. The Labute approximate surface area is 182 Å². The van der Waals surface area contributed by atoms with Crippen LogP contribution in [0.1, 0.15) is 50.3 Å². The van der Waals surface area contributed by atoms with Gasteiger partial charge in [-0.1, -0.05) is 30.2 Å². The van der Waals surface area contributed by atoms with E-state index >= 15 is 0 Å². The van der Waals surface area contributed by atoms with Crippen molar-refractivity contribution in [3.05, 3.63) is 64.2 Å². The summed E-state index contributed by atoms with van der Waals surface area (Å²) in [6, 6.07) is 0.182. The molecule has 4 rings (SSSR count). The number of ketones is 1. The maximum Gasteiger partial charge on any atom is 0.166 e. The highest BCUT2D eigenvalue weighted by atomic mass is 16.5. The van der Waals surface area contributed by atoms with Gasteiger partial charge in [-0.2, -0.15) is 0 Å². The van der Waals surface area contributed by atoms with Crippen LogP contribution < -0.4 is 9.47 Å². The fourth-order valence-electron chi connectivity index (χ4n) is 4.39. The molecule has 0 saturated carbocycles. The molecule has 0 aromatic heterocycles. The molecule has 1 aliphatic carbocycles. The number of benzene rings is 2. The molecule has 5 nitrogen and oxygen atoms in total. The second kappa shape index (κ2) is 8.17. The molecule has 0 N–H and O–H groups in total. The van der Waals surface area contributed by atoms with Crippen LogP contribution in [-0.2, 0) is 12.9 Å². The minimum absolute atomic E-state index is 0.0221. The molecule has 5 heteroatoms. The molecular formula is C24H29NO4. The fraction of sp³-hybridized carbons (Fsp3) is 0.458. The zero-order valence-corrected chi connectivity index (χ0v) is 16.6. The number of methoxy groups -OCH3 is 2. The quantitative estimate of drug-likeness (QED) is 0.532. The van der Waals surface area contributed by atoms with E-state index in [1.165, 1.54) is 14.2 Å².